The highest BCUT2D eigenvalue weighted by Gasteiger charge is 1.96. The van der Waals surface area contributed by atoms with Crippen molar-refractivity contribution in [3.05, 3.63) is 107 Å². The zero-order valence-electron chi connectivity index (χ0n) is 12.7. The SMILES string of the molecule is C=C(N)/C=C\C(=C)SC(=C)/C=C\C(=C)SC(=C)/C=C\C(=C)N. The summed E-state index contributed by atoms with van der Waals surface area (Å²) >= 11 is 2.88. The van der Waals surface area contributed by atoms with E-state index in [0.29, 0.717) is 11.4 Å². The van der Waals surface area contributed by atoms with Crippen molar-refractivity contribution in [2.75, 3.05) is 0 Å². The molecular weight excluding hydrogens is 308 g/mol. The van der Waals surface area contributed by atoms with E-state index >= 15 is 0 Å². The van der Waals surface area contributed by atoms with Gasteiger partial charge in [0.15, 0.2) is 0 Å². The van der Waals surface area contributed by atoms with Crippen molar-refractivity contribution >= 4 is 23.5 Å². The second-order valence-corrected chi connectivity index (χ2v) is 6.72. The van der Waals surface area contributed by atoms with Crippen molar-refractivity contribution in [3.63, 3.8) is 0 Å². The first-order valence-electron chi connectivity index (χ1n) is 6.25. The third-order valence-electron chi connectivity index (χ3n) is 1.95. The van der Waals surface area contributed by atoms with Crippen LogP contribution in [0.3, 0.4) is 0 Å². The van der Waals surface area contributed by atoms with E-state index in [4.69, 9.17) is 11.5 Å². The van der Waals surface area contributed by atoms with Crippen LogP contribution >= 0.6 is 23.5 Å². The molecule has 116 valence electrons. The maximum Gasteiger partial charge on any atom is 0.0241 e. The van der Waals surface area contributed by atoms with Gasteiger partial charge in [0.25, 0.3) is 0 Å². The molecule has 0 aromatic rings. The maximum atomic E-state index is 5.45. The van der Waals surface area contributed by atoms with Crippen LogP contribution in [-0.2, 0) is 0 Å². The molecule has 0 saturated carbocycles. The van der Waals surface area contributed by atoms with E-state index in [-0.39, 0.29) is 0 Å². The lowest BCUT2D eigenvalue weighted by Gasteiger charge is -2.02. The van der Waals surface area contributed by atoms with Gasteiger partial charge < -0.3 is 11.5 Å². The zero-order chi connectivity index (χ0) is 17.1. The van der Waals surface area contributed by atoms with Gasteiger partial charge in [-0.1, -0.05) is 63.0 Å². The van der Waals surface area contributed by atoms with Crippen LogP contribution in [0.2, 0.25) is 0 Å². The normalized spacial score (nSPS) is 11.1. The third kappa shape index (κ3) is 11.8. The average molecular weight is 331 g/mol. The first kappa shape index (κ1) is 20.0. The highest BCUT2D eigenvalue weighted by Crippen LogP contribution is 2.28. The number of hydrogen-bond donors (Lipinski definition) is 2. The van der Waals surface area contributed by atoms with Gasteiger partial charge in [0, 0.05) is 31.0 Å². The topological polar surface area (TPSA) is 52.0 Å². The quantitative estimate of drug-likeness (QED) is 0.546. The maximum absolute atomic E-state index is 5.45. The predicted molar refractivity (Wildman–Crippen MR) is 106 cm³/mol. The summed E-state index contributed by atoms with van der Waals surface area (Å²) in [4.78, 5) is 3.34. The van der Waals surface area contributed by atoms with Gasteiger partial charge >= 0.3 is 0 Å². The van der Waals surface area contributed by atoms with Gasteiger partial charge in [-0.25, -0.2) is 0 Å². The Hall–Kier alpha value is -2.04. The van der Waals surface area contributed by atoms with Gasteiger partial charge in [-0.3, -0.25) is 0 Å². The Labute approximate surface area is 142 Å². The molecule has 0 amide bonds. The molecule has 0 aliphatic rings. The first-order chi connectivity index (χ1) is 10.2. The fourth-order valence-corrected chi connectivity index (χ4v) is 2.28. The molecule has 4 N–H and O–H groups in total. The molecule has 4 heteroatoms. The van der Waals surface area contributed by atoms with Crippen LogP contribution in [0.4, 0.5) is 0 Å². The molecule has 2 nitrogen and oxygen atoms in total. The Balaban J connectivity index is 4.35. The fraction of sp³-hybridized carbons (Fsp3) is 0. The summed E-state index contributed by atoms with van der Waals surface area (Å²) in [6.07, 6.45) is 10.7. The van der Waals surface area contributed by atoms with Crippen LogP contribution in [0, 0.1) is 0 Å². The molecule has 0 unspecified atom stereocenters. The smallest absolute Gasteiger partial charge is 0.0241 e. The van der Waals surface area contributed by atoms with Crippen molar-refractivity contribution in [2.45, 2.75) is 0 Å². The van der Waals surface area contributed by atoms with Crippen molar-refractivity contribution in [1.29, 1.82) is 0 Å². The molecule has 0 bridgehead atoms. The second-order valence-electron chi connectivity index (χ2n) is 4.22. The summed E-state index contributed by atoms with van der Waals surface area (Å²) < 4.78 is 0. The molecule has 0 saturated heterocycles. The standard InChI is InChI=1S/C18H22N2S2/c1-13(19)7-9-15(3)21-17(5)11-12-18(6)22-16(4)10-8-14(2)20/h7-12H,1-6,19-20H2/b9-7-,10-8-,12-11-. The molecular formula is C18H22N2S2. The Morgan fingerprint density at radius 3 is 0.955 bits per heavy atom. The highest BCUT2D eigenvalue weighted by molar-refractivity contribution is 8.07. The van der Waals surface area contributed by atoms with Crippen LogP contribution in [-0.4, -0.2) is 0 Å². The summed E-state index contributed by atoms with van der Waals surface area (Å²) in [5.41, 5.74) is 11.9. The zero-order valence-corrected chi connectivity index (χ0v) is 14.3. The van der Waals surface area contributed by atoms with Crippen molar-refractivity contribution in [1.82, 2.24) is 0 Å². The van der Waals surface area contributed by atoms with Crippen LogP contribution in [0.5, 0.6) is 0 Å². The summed E-state index contributed by atoms with van der Waals surface area (Å²) in [7, 11) is 0. The number of nitrogens with two attached hydrogens (primary N) is 2. The van der Waals surface area contributed by atoms with E-state index < -0.39 is 0 Å². The van der Waals surface area contributed by atoms with E-state index in [9.17, 15) is 0 Å². The lowest BCUT2D eigenvalue weighted by Crippen LogP contribution is -1.88. The number of rotatable bonds is 10. The monoisotopic (exact) mass is 330 g/mol. The van der Waals surface area contributed by atoms with Crippen molar-refractivity contribution in [2.24, 2.45) is 11.5 Å². The molecule has 0 atom stereocenters. The molecule has 0 spiro atoms. The van der Waals surface area contributed by atoms with E-state index in [0.717, 1.165) is 19.6 Å². The number of hydrogen-bond acceptors (Lipinski definition) is 4. The number of allylic oxidation sites excluding steroid dienone is 6. The van der Waals surface area contributed by atoms with Gasteiger partial charge in [-0.15, -0.1) is 0 Å². The molecule has 0 aliphatic carbocycles. The Morgan fingerprint density at radius 2 is 0.727 bits per heavy atom. The molecule has 0 radical (unpaired) electrons. The van der Waals surface area contributed by atoms with Crippen LogP contribution in [0.1, 0.15) is 0 Å². The van der Waals surface area contributed by atoms with Gasteiger partial charge in [-0.05, 0) is 36.5 Å². The minimum absolute atomic E-state index is 0.486. The molecule has 22 heavy (non-hydrogen) atoms. The van der Waals surface area contributed by atoms with Crippen LogP contribution in [0.15, 0.2) is 107 Å². The lowest BCUT2D eigenvalue weighted by molar-refractivity contribution is 1.45. The molecule has 0 aromatic heterocycles. The largest absolute Gasteiger partial charge is 0.399 e. The van der Waals surface area contributed by atoms with Crippen LogP contribution in [0.25, 0.3) is 0 Å². The Morgan fingerprint density at radius 1 is 0.500 bits per heavy atom. The molecule has 0 aliphatic heterocycles. The van der Waals surface area contributed by atoms with Gasteiger partial charge in [0.1, 0.15) is 0 Å². The van der Waals surface area contributed by atoms with Gasteiger partial charge in [0.05, 0.1) is 0 Å². The second kappa shape index (κ2) is 10.7. The Bertz CT molecular complexity index is 538. The summed E-state index contributed by atoms with van der Waals surface area (Å²) in [5, 5.41) is 0. The lowest BCUT2D eigenvalue weighted by atomic mass is 10.4. The van der Waals surface area contributed by atoms with E-state index in [2.05, 4.69) is 39.5 Å². The average Bonchev–Trinajstić information content (AvgIpc) is 2.40. The van der Waals surface area contributed by atoms with Gasteiger partial charge in [-0.2, -0.15) is 0 Å². The number of thioether (sulfide) groups is 2. The minimum Gasteiger partial charge on any atom is -0.399 e. The first-order valence-corrected chi connectivity index (χ1v) is 7.88. The van der Waals surface area contributed by atoms with Gasteiger partial charge in [0.2, 0.25) is 0 Å². The van der Waals surface area contributed by atoms with Crippen molar-refractivity contribution in [3.8, 4) is 0 Å². The minimum atomic E-state index is 0.486. The molecule has 0 rings (SSSR count). The fourth-order valence-electron chi connectivity index (χ4n) is 1.06. The summed E-state index contributed by atoms with van der Waals surface area (Å²) in [6.45, 7) is 22.8. The summed E-state index contributed by atoms with van der Waals surface area (Å²) in [5.74, 6) is 0. The summed E-state index contributed by atoms with van der Waals surface area (Å²) in [6, 6.07) is 0. The predicted octanol–water partition coefficient (Wildman–Crippen LogP) is 5.12. The third-order valence-corrected chi connectivity index (χ3v) is 3.54. The van der Waals surface area contributed by atoms with E-state index in [1.165, 1.54) is 23.5 Å². The van der Waals surface area contributed by atoms with E-state index in [1.807, 2.05) is 12.2 Å². The molecule has 0 heterocycles. The molecule has 0 fully saturated rings. The highest BCUT2D eigenvalue weighted by atomic mass is 32.2. The Kier molecular flexibility index (Phi) is 9.67. The molecule has 0 aromatic carbocycles. The van der Waals surface area contributed by atoms with E-state index in [1.54, 1.807) is 24.3 Å². The van der Waals surface area contributed by atoms with Crippen LogP contribution < -0.4 is 11.5 Å². The van der Waals surface area contributed by atoms with Crippen molar-refractivity contribution < 1.29 is 0 Å².